The molecule has 27 heavy (non-hydrogen) atoms. The highest BCUT2D eigenvalue weighted by Crippen LogP contribution is 2.47. The van der Waals surface area contributed by atoms with E-state index in [4.69, 9.17) is 18.9 Å². The minimum Gasteiger partial charge on any atom is -0.493 e. The highest BCUT2D eigenvalue weighted by molar-refractivity contribution is 5.55. The lowest BCUT2D eigenvalue weighted by atomic mass is 9.81. The molecule has 2 atom stereocenters. The van der Waals surface area contributed by atoms with Crippen molar-refractivity contribution in [2.24, 2.45) is 0 Å². The van der Waals surface area contributed by atoms with Crippen LogP contribution in [0.1, 0.15) is 35.2 Å². The van der Waals surface area contributed by atoms with E-state index in [0.717, 1.165) is 42.4 Å². The SMILES string of the molecule is COc1cc2c(cc1OC)C1Cc3ccc(OC)c(OC)c3CN1C(C)C2. The van der Waals surface area contributed by atoms with E-state index in [9.17, 15) is 0 Å². The van der Waals surface area contributed by atoms with Gasteiger partial charge in [0, 0.05) is 24.2 Å². The quantitative estimate of drug-likeness (QED) is 0.821. The van der Waals surface area contributed by atoms with Gasteiger partial charge in [0.05, 0.1) is 28.4 Å². The monoisotopic (exact) mass is 369 g/mol. The highest BCUT2D eigenvalue weighted by Gasteiger charge is 2.38. The molecule has 5 heteroatoms. The standard InChI is InChI=1S/C22H27NO4/c1-13-8-15-10-20(25-3)21(26-4)11-16(15)18-9-14-6-7-19(24-2)22(27-5)17(14)12-23(13)18/h6-7,10-11,13,18H,8-9,12H2,1-5H3. The summed E-state index contributed by atoms with van der Waals surface area (Å²) < 4.78 is 22.3. The zero-order valence-electron chi connectivity index (χ0n) is 16.7. The molecule has 2 aromatic rings. The second-order valence-electron chi connectivity index (χ2n) is 7.29. The maximum absolute atomic E-state index is 5.70. The molecule has 0 amide bonds. The van der Waals surface area contributed by atoms with Crippen LogP contribution in [-0.4, -0.2) is 39.4 Å². The van der Waals surface area contributed by atoms with Crippen molar-refractivity contribution in [1.29, 1.82) is 0 Å². The van der Waals surface area contributed by atoms with E-state index in [1.54, 1.807) is 28.4 Å². The topological polar surface area (TPSA) is 40.2 Å². The van der Waals surface area contributed by atoms with E-state index < -0.39 is 0 Å². The molecule has 0 aliphatic carbocycles. The van der Waals surface area contributed by atoms with Gasteiger partial charge < -0.3 is 18.9 Å². The molecule has 2 aromatic carbocycles. The number of hydrogen-bond acceptors (Lipinski definition) is 5. The van der Waals surface area contributed by atoms with Gasteiger partial charge in [-0.1, -0.05) is 6.07 Å². The summed E-state index contributed by atoms with van der Waals surface area (Å²) in [6, 6.07) is 9.25. The molecule has 4 rings (SSSR count). The highest BCUT2D eigenvalue weighted by atomic mass is 16.5. The molecular weight excluding hydrogens is 342 g/mol. The van der Waals surface area contributed by atoms with Crippen molar-refractivity contribution in [2.45, 2.75) is 38.4 Å². The average molecular weight is 369 g/mol. The maximum Gasteiger partial charge on any atom is 0.165 e. The van der Waals surface area contributed by atoms with E-state index in [0.29, 0.717) is 12.1 Å². The smallest absolute Gasteiger partial charge is 0.165 e. The third-order valence-electron chi connectivity index (χ3n) is 5.99. The van der Waals surface area contributed by atoms with Gasteiger partial charge in [0.2, 0.25) is 0 Å². The summed E-state index contributed by atoms with van der Waals surface area (Å²) in [5.74, 6) is 3.26. The predicted molar refractivity (Wildman–Crippen MR) is 104 cm³/mol. The van der Waals surface area contributed by atoms with Crippen molar-refractivity contribution in [3.05, 3.63) is 46.5 Å². The molecule has 0 N–H and O–H groups in total. The number of fused-ring (bicyclic) bond motifs is 4. The van der Waals surface area contributed by atoms with Crippen LogP contribution in [0.15, 0.2) is 24.3 Å². The molecule has 2 heterocycles. The van der Waals surface area contributed by atoms with Gasteiger partial charge in [-0.2, -0.15) is 0 Å². The molecule has 0 aromatic heterocycles. The fourth-order valence-electron chi connectivity index (χ4n) is 4.63. The zero-order valence-corrected chi connectivity index (χ0v) is 16.7. The largest absolute Gasteiger partial charge is 0.493 e. The molecule has 0 radical (unpaired) electrons. The summed E-state index contributed by atoms with van der Waals surface area (Å²) in [4.78, 5) is 2.57. The minimum atomic E-state index is 0.328. The van der Waals surface area contributed by atoms with E-state index in [-0.39, 0.29) is 0 Å². The summed E-state index contributed by atoms with van der Waals surface area (Å²) >= 11 is 0. The van der Waals surface area contributed by atoms with Crippen LogP contribution in [0, 0.1) is 0 Å². The first kappa shape index (κ1) is 18.0. The summed E-state index contributed by atoms with van der Waals surface area (Å²) in [5, 5.41) is 0. The number of ether oxygens (including phenoxy) is 4. The molecule has 0 saturated heterocycles. The Morgan fingerprint density at radius 2 is 1.52 bits per heavy atom. The summed E-state index contributed by atoms with van der Waals surface area (Å²) in [7, 11) is 6.80. The van der Waals surface area contributed by atoms with Crippen molar-refractivity contribution in [1.82, 2.24) is 4.90 Å². The number of benzene rings is 2. The van der Waals surface area contributed by atoms with Crippen molar-refractivity contribution in [3.63, 3.8) is 0 Å². The number of rotatable bonds is 4. The van der Waals surface area contributed by atoms with Gasteiger partial charge in [-0.05, 0) is 54.7 Å². The van der Waals surface area contributed by atoms with Gasteiger partial charge in [-0.25, -0.2) is 0 Å². The van der Waals surface area contributed by atoms with Crippen LogP contribution in [0.25, 0.3) is 0 Å². The normalized spacial score (nSPS) is 20.9. The minimum absolute atomic E-state index is 0.328. The van der Waals surface area contributed by atoms with Gasteiger partial charge in [0.25, 0.3) is 0 Å². The van der Waals surface area contributed by atoms with Crippen molar-refractivity contribution in [2.75, 3.05) is 28.4 Å². The molecule has 0 bridgehead atoms. The van der Waals surface area contributed by atoms with Crippen molar-refractivity contribution in [3.8, 4) is 23.0 Å². The van der Waals surface area contributed by atoms with Crippen LogP contribution in [-0.2, 0) is 19.4 Å². The maximum atomic E-state index is 5.70. The lowest BCUT2D eigenvalue weighted by Gasteiger charge is -2.45. The second-order valence-corrected chi connectivity index (χ2v) is 7.29. The lowest BCUT2D eigenvalue weighted by Crippen LogP contribution is -2.45. The van der Waals surface area contributed by atoms with Crippen molar-refractivity contribution < 1.29 is 18.9 Å². The van der Waals surface area contributed by atoms with Crippen LogP contribution in [0.2, 0.25) is 0 Å². The Hall–Kier alpha value is -2.40. The Kier molecular flexibility index (Phi) is 4.64. The molecule has 5 nitrogen and oxygen atoms in total. The van der Waals surface area contributed by atoms with E-state index in [1.165, 1.54) is 22.3 Å². The van der Waals surface area contributed by atoms with Crippen LogP contribution in [0.5, 0.6) is 23.0 Å². The van der Waals surface area contributed by atoms with Gasteiger partial charge >= 0.3 is 0 Å². The van der Waals surface area contributed by atoms with E-state index in [2.05, 4.69) is 30.0 Å². The molecular formula is C22H27NO4. The lowest BCUT2D eigenvalue weighted by molar-refractivity contribution is 0.104. The molecule has 0 spiro atoms. The summed E-state index contributed by atoms with van der Waals surface area (Å²) in [5.41, 5.74) is 5.25. The Labute approximate surface area is 160 Å². The van der Waals surface area contributed by atoms with Crippen LogP contribution in [0.4, 0.5) is 0 Å². The predicted octanol–water partition coefficient (Wildman–Crippen LogP) is 3.77. The van der Waals surface area contributed by atoms with Gasteiger partial charge in [-0.3, -0.25) is 4.90 Å². The molecule has 0 fully saturated rings. The average Bonchev–Trinajstić information content (AvgIpc) is 2.70. The van der Waals surface area contributed by atoms with E-state index >= 15 is 0 Å². The molecule has 2 aliphatic heterocycles. The first-order valence-corrected chi connectivity index (χ1v) is 9.34. The van der Waals surface area contributed by atoms with Crippen LogP contribution >= 0.6 is 0 Å². The molecule has 2 unspecified atom stereocenters. The first-order valence-electron chi connectivity index (χ1n) is 9.34. The first-order chi connectivity index (χ1) is 13.1. The Balaban J connectivity index is 1.81. The third-order valence-corrected chi connectivity index (χ3v) is 5.99. The van der Waals surface area contributed by atoms with Gasteiger partial charge in [0.15, 0.2) is 23.0 Å². The molecule has 2 aliphatic rings. The van der Waals surface area contributed by atoms with Crippen molar-refractivity contribution >= 4 is 0 Å². The summed E-state index contributed by atoms with van der Waals surface area (Å²) in [6.45, 7) is 3.15. The van der Waals surface area contributed by atoms with Gasteiger partial charge in [0.1, 0.15) is 0 Å². The fourth-order valence-corrected chi connectivity index (χ4v) is 4.63. The fraction of sp³-hybridized carbons (Fsp3) is 0.455. The van der Waals surface area contributed by atoms with Gasteiger partial charge in [-0.15, -0.1) is 0 Å². The zero-order chi connectivity index (χ0) is 19.1. The number of hydrogen-bond donors (Lipinski definition) is 0. The number of nitrogens with zero attached hydrogens (tertiary/aromatic N) is 1. The number of methoxy groups -OCH3 is 4. The van der Waals surface area contributed by atoms with Crippen LogP contribution < -0.4 is 18.9 Å². The van der Waals surface area contributed by atoms with Crippen LogP contribution in [0.3, 0.4) is 0 Å². The summed E-state index contributed by atoms with van der Waals surface area (Å²) in [6.07, 6.45) is 1.94. The second kappa shape index (κ2) is 6.97. The Morgan fingerprint density at radius 3 is 2.19 bits per heavy atom. The molecule has 0 saturated carbocycles. The Morgan fingerprint density at radius 1 is 0.815 bits per heavy atom. The Bertz CT molecular complexity index is 864. The van der Waals surface area contributed by atoms with E-state index in [1.807, 2.05) is 6.07 Å². The molecule has 144 valence electrons. The third kappa shape index (κ3) is 2.81.